The molecule has 1 saturated carbocycles. The summed E-state index contributed by atoms with van der Waals surface area (Å²) in [5.41, 5.74) is 4.43. The predicted molar refractivity (Wildman–Crippen MR) is 127 cm³/mol. The average molecular weight is 640 g/mol. The van der Waals surface area contributed by atoms with Crippen LogP contribution in [0, 0.1) is 0 Å². The summed E-state index contributed by atoms with van der Waals surface area (Å²) in [4.78, 5) is 6.25. The first-order chi connectivity index (χ1) is 14.3. The van der Waals surface area contributed by atoms with Gasteiger partial charge in [-0.15, -0.1) is 11.3 Å². The van der Waals surface area contributed by atoms with E-state index in [-0.39, 0.29) is 0 Å². The zero-order chi connectivity index (χ0) is 20.1. The van der Waals surface area contributed by atoms with Gasteiger partial charge in [-0.05, 0) is 61.4 Å². The number of benzene rings is 1. The topological polar surface area (TPSA) is 12.9 Å². The van der Waals surface area contributed by atoms with Gasteiger partial charge in [-0.2, -0.15) is 0 Å². The summed E-state index contributed by atoms with van der Waals surface area (Å²) in [6.07, 6.45) is 6.99. The number of hydrogen-bond acceptors (Lipinski definition) is 2. The molecule has 2 aliphatic rings. The molecule has 2 aromatic heterocycles. The van der Waals surface area contributed by atoms with E-state index in [2.05, 4.69) is 60.0 Å². The zero-order valence-electron chi connectivity index (χ0n) is 15.7. The summed E-state index contributed by atoms with van der Waals surface area (Å²) in [5.74, 6) is 0. The zero-order valence-corrected chi connectivity index (χ0v) is 21.3. The van der Waals surface area contributed by atoms with E-state index >= 15 is 0 Å². The molecule has 6 heteroatoms. The number of nitrogens with zero attached hydrogens (tertiary/aromatic N) is 1. The van der Waals surface area contributed by atoms with Gasteiger partial charge in [-0.1, -0.05) is 30.3 Å². The second-order valence-corrected chi connectivity index (χ2v) is 13.5. The van der Waals surface area contributed by atoms with E-state index in [0.717, 1.165) is 0 Å². The van der Waals surface area contributed by atoms with Gasteiger partial charge >= 0.3 is 35.3 Å². The molecule has 1 aliphatic heterocycles. The molecular formula is C23H21Cl2NPPtS+. The summed E-state index contributed by atoms with van der Waals surface area (Å²) in [5, 5.41) is 6.87. The Bertz CT molecular complexity index is 1000. The van der Waals surface area contributed by atoms with Crippen molar-refractivity contribution in [2.24, 2.45) is 0 Å². The van der Waals surface area contributed by atoms with Crippen molar-refractivity contribution in [2.45, 2.75) is 25.7 Å². The first-order valence-corrected chi connectivity index (χ1v) is 17.5. The van der Waals surface area contributed by atoms with Crippen LogP contribution in [-0.4, -0.2) is 4.98 Å². The third-order valence-corrected chi connectivity index (χ3v) is 9.43. The monoisotopic (exact) mass is 639 g/mol. The fourth-order valence-electron chi connectivity index (χ4n) is 4.26. The molecular weight excluding hydrogens is 619 g/mol. The minimum atomic E-state index is -1.01. The Morgan fingerprint density at radius 3 is 2.14 bits per heavy atom. The molecule has 1 unspecified atom stereocenters. The van der Waals surface area contributed by atoms with E-state index in [0.29, 0.717) is 0 Å². The maximum absolute atomic E-state index is 4.88. The molecule has 0 spiro atoms. The van der Waals surface area contributed by atoms with Crippen molar-refractivity contribution in [3.8, 4) is 0 Å². The van der Waals surface area contributed by atoms with Crippen LogP contribution in [0.5, 0.6) is 0 Å². The van der Waals surface area contributed by atoms with Gasteiger partial charge in [0.2, 0.25) is 0 Å². The van der Waals surface area contributed by atoms with Gasteiger partial charge in [-0.3, -0.25) is 4.98 Å². The number of halogens is 2. The van der Waals surface area contributed by atoms with Crippen molar-refractivity contribution in [1.82, 2.24) is 4.98 Å². The number of allylic oxidation sites excluding steroid dienone is 2. The molecule has 0 amide bonds. The molecule has 1 fully saturated rings. The minimum Gasteiger partial charge on any atom is -0.253 e. The van der Waals surface area contributed by atoms with E-state index in [1.807, 2.05) is 23.6 Å². The third kappa shape index (κ3) is 4.63. The van der Waals surface area contributed by atoms with Crippen LogP contribution >= 0.6 is 38.1 Å². The number of pyridine rings is 1. The molecule has 0 radical (unpaired) electrons. The Morgan fingerprint density at radius 2 is 1.52 bits per heavy atom. The summed E-state index contributed by atoms with van der Waals surface area (Å²) in [6.45, 7) is 0. The molecule has 5 rings (SSSR count). The fourth-order valence-corrected chi connectivity index (χ4v) is 8.69. The van der Waals surface area contributed by atoms with Crippen LogP contribution < -0.4 is 5.30 Å². The second kappa shape index (κ2) is 10.5. The van der Waals surface area contributed by atoms with Gasteiger partial charge < -0.3 is 0 Å². The number of thiophene rings is 1. The van der Waals surface area contributed by atoms with Crippen LogP contribution in [0.4, 0.5) is 0 Å². The van der Waals surface area contributed by atoms with Crippen molar-refractivity contribution >= 4 is 54.0 Å². The molecule has 1 aliphatic carbocycles. The summed E-state index contributed by atoms with van der Waals surface area (Å²) >= 11 is 1.42. The maximum atomic E-state index is 4.88. The Hall–Kier alpha value is -0.752. The standard InChI is InChI=1S/C23H20NPS.2ClH.Pt/c1-2-9-17(10-3-1)25-22(20-13-6-7-15-24-20)18-11-4-5-12-19(18)23(25)21-14-8-16-26-21;;;/h1-3,6-10,13-16H,4-5,11-12H2;2*1H;/q;;;+2/p-1. The first kappa shape index (κ1) is 21.5. The molecule has 0 saturated heterocycles. The molecule has 1 atom stereocenters. The average Bonchev–Trinajstić information content (AvgIpc) is 3.41. The molecule has 1 nitrogen and oxygen atoms in total. The van der Waals surface area contributed by atoms with Crippen LogP contribution in [0.2, 0.25) is 0 Å². The summed E-state index contributed by atoms with van der Waals surface area (Å²) in [6, 6.07) is 22.0. The van der Waals surface area contributed by atoms with Gasteiger partial charge in [0, 0.05) is 17.3 Å². The van der Waals surface area contributed by atoms with E-state index in [1.165, 1.54) is 41.6 Å². The Kier molecular flexibility index (Phi) is 7.79. The Morgan fingerprint density at radius 1 is 0.828 bits per heavy atom. The molecule has 0 N–H and O–H groups in total. The van der Waals surface area contributed by atoms with Crippen LogP contribution in [0.25, 0.3) is 10.6 Å². The molecule has 3 aromatic rings. The van der Waals surface area contributed by atoms with Crippen LogP contribution in [0.3, 0.4) is 0 Å². The predicted octanol–water partition coefficient (Wildman–Crippen LogP) is 7.77. The molecule has 3 heterocycles. The maximum Gasteiger partial charge on any atom is 0.131 e. The van der Waals surface area contributed by atoms with E-state index < -0.39 is 24.4 Å². The molecule has 152 valence electrons. The van der Waals surface area contributed by atoms with E-state index in [1.54, 1.807) is 21.8 Å². The fraction of sp³-hybridized carbons (Fsp3) is 0.174. The molecule has 1 aromatic carbocycles. The third-order valence-electron chi connectivity index (χ3n) is 5.32. The van der Waals surface area contributed by atoms with Crippen molar-refractivity contribution in [1.29, 1.82) is 0 Å². The van der Waals surface area contributed by atoms with Crippen LogP contribution in [-0.2, 0) is 16.5 Å². The first-order valence-electron chi connectivity index (χ1n) is 9.52. The van der Waals surface area contributed by atoms with E-state index in [4.69, 9.17) is 23.8 Å². The molecule has 0 bridgehead atoms. The SMILES string of the molecule is [Cl][Pt][Cl].c1ccc([PH+]2C(c3ccccn3)=C3CCCCC3=C2c2cccs2)cc1. The minimum absolute atomic E-state index is 0.472. The van der Waals surface area contributed by atoms with Gasteiger partial charge in [0.05, 0.1) is 4.88 Å². The summed E-state index contributed by atoms with van der Waals surface area (Å²) in [7, 11) is 8.74. The van der Waals surface area contributed by atoms with Gasteiger partial charge in [0.15, 0.2) is 0 Å². The van der Waals surface area contributed by atoms with Crippen LogP contribution in [0.1, 0.15) is 36.3 Å². The van der Waals surface area contributed by atoms with Gasteiger partial charge in [0.25, 0.3) is 0 Å². The molecule has 29 heavy (non-hydrogen) atoms. The van der Waals surface area contributed by atoms with Crippen molar-refractivity contribution in [2.75, 3.05) is 0 Å². The Balaban J connectivity index is 0.000000645. The quantitative estimate of drug-likeness (QED) is 0.267. The van der Waals surface area contributed by atoms with Gasteiger partial charge in [0.1, 0.15) is 29.5 Å². The van der Waals surface area contributed by atoms with Crippen molar-refractivity contribution < 1.29 is 16.5 Å². The Labute approximate surface area is 194 Å². The van der Waals surface area contributed by atoms with Crippen molar-refractivity contribution in [3.05, 3.63) is 94.0 Å². The number of aromatic nitrogens is 1. The largest absolute Gasteiger partial charge is 0.253 e. The number of hydrogen-bond donors (Lipinski definition) is 0. The number of rotatable bonds is 3. The van der Waals surface area contributed by atoms with Gasteiger partial charge in [-0.25, -0.2) is 0 Å². The normalized spacial score (nSPS) is 18.5. The van der Waals surface area contributed by atoms with Crippen LogP contribution in [0.15, 0.2) is 83.4 Å². The smallest absolute Gasteiger partial charge is 0.131 e. The van der Waals surface area contributed by atoms with E-state index in [9.17, 15) is 0 Å². The van der Waals surface area contributed by atoms with Crippen molar-refractivity contribution in [3.63, 3.8) is 0 Å². The second-order valence-electron chi connectivity index (χ2n) is 6.89. The summed E-state index contributed by atoms with van der Waals surface area (Å²) < 4.78 is 0. The number of fused-ring (bicyclic) bond motifs is 1.